The molecule has 0 radical (unpaired) electrons. The molecule has 0 aromatic rings. The summed E-state index contributed by atoms with van der Waals surface area (Å²) >= 11 is 0. The lowest BCUT2D eigenvalue weighted by Gasteiger charge is -1.34. The third kappa shape index (κ3) is 13.3. The summed E-state index contributed by atoms with van der Waals surface area (Å²) in [6.45, 7) is 1.40. The quantitative estimate of drug-likeness (QED) is 0.341. The van der Waals surface area contributed by atoms with Gasteiger partial charge in [0, 0.05) is 0 Å². The van der Waals surface area contributed by atoms with Gasteiger partial charge in [-0.15, -0.1) is 12.3 Å². The molecule has 0 unspecified atom stereocenters. The molecule has 0 aliphatic carbocycles. The van der Waals surface area contributed by atoms with Crippen LogP contribution in [0.3, 0.4) is 0 Å². The fraction of sp³-hybridized carbons (Fsp3) is 0.250. The van der Waals surface area contributed by atoms with Crippen LogP contribution >= 0.6 is 0 Å². The Morgan fingerprint density at radius 2 is 2.00 bits per heavy atom. The predicted molar refractivity (Wildman–Crippen MR) is 23.2 cm³/mol. The number of rotatable bonds is 0. The first-order chi connectivity index (χ1) is 2.83. The van der Waals surface area contributed by atoms with E-state index in [9.17, 15) is 0 Å². The first-order valence-electron chi connectivity index (χ1n) is 1.28. The van der Waals surface area contributed by atoms with E-state index in [1.165, 1.54) is 0 Å². The van der Waals surface area contributed by atoms with Crippen molar-refractivity contribution in [2.75, 3.05) is 0 Å². The van der Waals surface area contributed by atoms with Crippen molar-refractivity contribution in [2.45, 2.75) is 6.92 Å². The van der Waals surface area contributed by atoms with E-state index in [0.717, 1.165) is 0 Å². The van der Waals surface area contributed by atoms with E-state index in [4.69, 9.17) is 9.90 Å². The fourth-order valence-corrected chi connectivity index (χ4v) is 0. The average molecular weight is 86.1 g/mol. The Labute approximate surface area is 36.8 Å². The second-order valence-electron chi connectivity index (χ2n) is 0.394. The Morgan fingerprint density at radius 3 is 2.00 bits per heavy atom. The summed E-state index contributed by atoms with van der Waals surface area (Å²) in [4.78, 5) is 8.36. The summed E-state index contributed by atoms with van der Waals surface area (Å²) < 4.78 is 0. The number of terminal acetylenes is 1. The van der Waals surface area contributed by atoms with Gasteiger partial charge in [0.1, 0.15) is 0 Å². The summed E-state index contributed by atoms with van der Waals surface area (Å²) in [5.74, 6) is 2.25. The molecule has 0 aliphatic rings. The van der Waals surface area contributed by atoms with Crippen LogP contribution in [0.15, 0.2) is 0 Å². The molecule has 0 aromatic carbocycles. The highest BCUT2D eigenvalue weighted by Gasteiger charge is 1.22. The molecule has 6 heavy (non-hydrogen) atoms. The van der Waals surface area contributed by atoms with Crippen LogP contribution in [0.5, 0.6) is 0 Å². The molecule has 1 N–H and O–H groups in total. The SMILES string of the molecule is C#CC.O=CO. The standard InChI is InChI=1S/C3H4.CH2O2/c1-3-2;2-1-3/h1H,2H3;1H,(H,2,3). The van der Waals surface area contributed by atoms with Crippen LogP contribution in [0, 0.1) is 12.3 Å². The Bertz CT molecular complexity index is 51.1. The molecule has 0 saturated carbocycles. The van der Waals surface area contributed by atoms with Gasteiger partial charge in [0.2, 0.25) is 0 Å². The average Bonchev–Trinajstić information content (AvgIpc) is 1.39. The van der Waals surface area contributed by atoms with E-state index in [1.54, 1.807) is 6.92 Å². The zero-order valence-electron chi connectivity index (χ0n) is 3.51. The molecule has 0 spiro atoms. The van der Waals surface area contributed by atoms with Gasteiger partial charge in [-0.3, -0.25) is 4.79 Å². The van der Waals surface area contributed by atoms with E-state index < -0.39 is 0 Å². The Balaban J connectivity index is 0. The van der Waals surface area contributed by atoms with Gasteiger partial charge in [-0.2, -0.15) is 0 Å². The number of carboxylic acid groups (broad SMARTS) is 1. The number of hydrogen-bond acceptors (Lipinski definition) is 1. The van der Waals surface area contributed by atoms with E-state index in [0.29, 0.717) is 0 Å². The van der Waals surface area contributed by atoms with Crippen molar-refractivity contribution in [3.63, 3.8) is 0 Å². The van der Waals surface area contributed by atoms with Crippen molar-refractivity contribution in [3.05, 3.63) is 0 Å². The van der Waals surface area contributed by atoms with Gasteiger partial charge in [-0.25, -0.2) is 0 Å². The van der Waals surface area contributed by atoms with Gasteiger partial charge in [0.05, 0.1) is 0 Å². The zero-order chi connectivity index (χ0) is 5.41. The second kappa shape index (κ2) is 34.9. The van der Waals surface area contributed by atoms with Crippen molar-refractivity contribution >= 4 is 6.47 Å². The van der Waals surface area contributed by atoms with Crippen molar-refractivity contribution < 1.29 is 9.90 Å². The third-order valence-corrected chi connectivity index (χ3v) is 0. The zero-order valence-corrected chi connectivity index (χ0v) is 3.51. The van der Waals surface area contributed by atoms with Gasteiger partial charge in [0.15, 0.2) is 0 Å². The highest BCUT2D eigenvalue weighted by Crippen LogP contribution is 1.21. The molecule has 0 aromatic heterocycles. The molecule has 2 heteroatoms. The van der Waals surface area contributed by atoms with Gasteiger partial charge >= 0.3 is 0 Å². The summed E-state index contributed by atoms with van der Waals surface area (Å²) in [6, 6.07) is 0. The fourth-order valence-electron chi connectivity index (χ4n) is 0. The lowest BCUT2D eigenvalue weighted by Crippen LogP contribution is -1.49. The van der Waals surface area contributed by atoms with Crippen LogP contribution in [0.1, 0.15) is 6.92 Å². The third-order valence-electron chi connectivity index (χ3n) is 0. The van der Waals surface area contributed by atoms with Crippen molar-refractivity contribution in [1.29, 1.82) is 0 Å². The molecular weight excluding hydrogens is 80.0 g/mol. The molecule has 0 rings (SSSR count). The van der Waals surface area contributed by atoms with Gasteiger partial charge < -0.3 is 5.11 Å². The molecule has 0 aliphatic heterocycles. The van der Waals surface area contributed by atoms with Gasteiger partial charge in [-0.05, 0) is 6.92 Å². The molecule has 0 fully saturated rings. The van der Waals surface area contributed by atoms with Gasteiger partial charge in [0.25, 0.3) is 6.47 Å². The highest BCUT2D eigenvalue weighted by molar-refractivity contribution is 5.32. The summed E-state index contributed by atoms with van der Waals surface area (Å²) in [6.07, 6.45) is 4.60. The minimum Gasteiger partial charge on any atom is -0.483 e. The van der Waals surface area contributed by atoms with E-state index in [1.807, 2.05) is 0 Å². The lowest BCUT2D eigenvalue weighted by molar-refractivity contribution is -0.122. The molecule has 0 atom stereocenters. The molecule has 34 valence electrons. The molecule has 0 saturated heterocycles. The Morgan fingerprint density at radius 1 is 2.00 bits per heavy atom. The van der Waals surface area contributed by atoms with Crippen LogP contribution < -0.4 is 0 Å². The number of hydrogen-bond donors (Lipinski definition) is 1. The summed E-state index contributed by atoms with van der Waals surface area (Å²) in [5.41, 5.74) is 0. The highest BCUT2D eigenvalue weighted by atomic mass is 16.3. The minimum atomic E-state index is -0.250. The minimum absolute atomic E-state index is 0.250. The maximum Gasteiger partial charge on any atom is 0.290 e. The Hall–Kier alpha value is -0.970. The number of carbonyl (C=O) groups is 1. The lowest BCUT2D eigenvalue weighted by atomic mass is 10.9. The van der Waals surface area contributed by atoms with Crippen molar-refractivity contribution in [1.82, 2.24) is 0 Å². The van der Waals surface area contributed by atoms with Crippen molar-refractivity contribution in [2.24, 2.45) is 0 Å². The second-order valence-corrected chi connectivity index (χ2v) is 0.394. The molecule has 0 bridgehead atoms. The van der Waals surface area contributed by atoms with Crippen LogP contribution in [-0.2, 0) is 4.79 Å². The van der Waals surface area contributed by atoms with Crippen LogP contribution in [0.2, 0.25) is 0 Å². The smallest absolute Gasteiger partial charge is 0.290 e. The van der Waals surface area contributed by atoms with Crippen LogP contribution in [-0.4, -0.2) is 11.6 Å². The van der Waals surface area contributed by atoms with Crippen LogP contribution in [0.4, 0.5) is 0 Å². The van der Waals surface area contributed by atoms with E-state index in [-0.39, 0.29) is 6.47 Å². The molecular formula is C4H6O2. The molecule has 0 heterocycles. The summed E-state index contributed by atoms with van der Waals surface area (Å²) in [5, 5.41) is 6.89. The maximum atomic E-state index is 8.36. The van der Waals surface area contributed by atoms with Crippen LogP contribution in [0.25, 0.3) is 0 Å². The monoisotopic (exact) mass is 86.0 g/mol. The summed E-state index contributed by atoms with van der Waals surface area (Å²) in [7, 11) is 0. The normalized spacial score (nSPS) is 3.33. The largest absolute Gasteiger partial charge is 0.483 e. The van der Waals surface area contributed by atoms with Crippen molar-refractivity contribution in [3.8, 4) is 12.3 Å². The predicted octanol–water partition coefficient (Wildman–Crippen LogP) is 0.340. The first-order valence-corrected chi connectivity index (χ1v) is 1.28. The molecule has 2 nitrogen and oxygen atoms in total. The topological polar surface area (TPSA) is 37.3 Å². The first kappa shape index (κ1) is 8.90. The van der Waals surface area contributed by atoms with E-state index in [2.05, 4.69) is 12.3 Å². The van der Waals surface area contributed by atoms with E-state index >= 15 is 0 Å². The Kier molecular flexibility index (Phi) is 51.7. The maximum absolute atomic E-state index is 8.36. The molecule has 0 amide bonds. The van der Waals surface area contributed by atoms with Gasteiger partial charge in [-0.1, -0.05) is 0 Å².